The van der Waals surface area contributed by atoms with Gasteiger partial charge in [0, 0.05) is 0 Å². The fourth-order valence-electron chi connectivity index (χ4n) is 0. The summed E-state index contributed by atoms with van der Waals surface area (Å²) in [5.74, 6) is -4.15. The highest BCUT2D eigenvalue weighted by Crippen LogP contribution is 2.29. The molecule has 1 nitrogen and oxygen atoms in total. The van der Waals surface area contributed by atoms with Crippen molar-refractivity contribution in [2.45, 2.75) is 5.92 Å². The molecule has 2 N–H and O–H groups in total. The van der Waals surface area contributed by atoms with Gasteiger partial charge in [0.25, 0.3) is 0 Å². The van der Waals surface area contributed by atoms with Gasteiger partial charge in [-0.2, -0.15) is 13.2 Å². The maximum Gasteiger partial charge on any atom is 0.415 e. The molecule has 0 aromatic rings. The zero-order valence-corrected chi connectivity index (χ0v) is 3.71. The minimum absolute atomic E-state index is 1.43. The van der Waals surface area contributed by atoms with Crippen molar-refractivity contribution in [2.75, 3.05) is 0 Å². The van der Waals surface area contributed by atoms with Crippen LogP contribution < -0.4 is 5.50 Å². The largest absolute Gasteiger partial charge is 0.415 e. The van der Waals surface area contributed by atoms with Gasteiger partial charge in [-0.15, -0.1) is 0 Å². The molecule has 1 unspecified atom stereocenters. The normalized spacial score (nSPS) is 14.0. The molecule has 0 fully saturated rings. The average molecular weight is 117 g/mol. The minimum Gasteiger partial charge on any atom is -0.305 e. The van der Waals surface area contributed by atoms with Crippen LogP contribution >= 0.6 is 8.73 Å². The van der Waals surface area contributed by atoms with Crippen LogP contribution in [0.3, 0.4) is 0 Å². The molecule has 0 saturated carbocycles. The third-order valence-corrected chi connectivity index (χ3v) is 0.491. The second-order valence-corrected chi connectivity index (χ2v) is 1.50. The van der Waals surface area contributed by atoms with E-state index in [-0.39, 0.29) is 0 Å². The fraction of sp³-hybridized carbons (Fsp3) is 1.00. The van der Waals surface area contributed by atoms with Gasteiger partial charge in [0.1, 0.15) is 0 Å². The van der Waals surface area contributed by atoms with Crippen LogP contribution in [-0.4, -0.2) is 5.92 Å². The highest BCUT2D eigenvalue weighted by molar-refractivity contribution is 7.36. The van der Waals surface area contributed by atoms with Crippen LogP contribution in [0.5, 0.6) is 0 Å². The van der Waals surface area contributed by atoms with Crippen LogP contribution in [0.4, 0.5) is 13.2 Å². The Bertz CT molecular complexity index is 40.5. The van der Waals surface area contributed by atoms with E-state index in [0.29, 0.717) is 0 Å². The van der Waals surface area contributed by atoms with Gasteiger partial charge in [0.15, 0.2) is 0 Å². The summed E-state index contributed by atoms with van der Waals surface area (Å²) >= 11 is 0. The maximum atomic E-state index is 10.7. The van der Waals surface area contributed by atoms with E-state index in [1.54, 1.807) is 0 Å². The Morgan fingerprint density at radius 3 is 1.50 bits per heavy atom. The fourth-order valence-corrected chi connectivity index (χ4v) is 0. The van der Waals surface area contributed by atoms with Gasteiger partial charge in [-0.25, -0.2) is 0 Å². The number of hydrogen-bond acceptors (Lipinski definition) is 1. The van der Waals surface area contributed by atoms with Gasteiger partial charge >= 0.3 is 5.92 Å². The number of rotatable bonds is 0. The molecule has 0 rings (SSSR count). The first-order valence-electron chi connectivity index (χ1n) is 1.11. The molecular weight excluding hydrogens is 114 g/mol. The van der Waals surface area contributed by atoms with E-state index in [1.807, 2.05) is 0 Å². The van der Waals surface area contributed by atoms with Crippen LogP contribution in [0, 0.1) is 0 Å². The monoisotopic (exact) mass is 117 g/mol. The van der Waals surface area contributed by atoms with Gasteiger partial charge in [0.2, 0.25) is 0 Å². The Morgan fingerprint density at radius 2 is 1.50 bits per heavy atom. The van der Waals surface area contributed by atoms with Crippen LogP contribution in [0.2, 0.25) is 0 Å². The van der Waals surface area contributed by atoms with Crippen molar-refractivity contribution < 1.29 is 13.2 Å². The van der Waals surface area contributed by atoms with Crippen molar-refractivity contribution in [3.63, 3.8) is 0 Å². The summed E-state index contributed by atoms with van der Waals surface area (Å²) < 4.78 is 32.0. The van der Waals surface area contributed by atoms with E-state index in [0.717, 1.165) is 0 Å². The molecule has 0 saturated heterocycles. The summed E-state index contributed by atoms with van der Waals surface area (Å²) in [7, 11) is -1.43. The summed E-state index contributed by atoms with van der Waals surface area (Å²) in [4.78, 5) is 0. The van der Waals surface area contributed by atoms with Gasteiger partial charge in [0.05, 0.1) is 8.73 Å². The molecular formula is CH3F3NP. The lowest BCUT2D eigenvalue weighted by molar-refractivity contribution is -0.0371. The second-order valence-electron chi connectivity index (χ2n) is 0.642. The lowest BCUT2D eigenvalue weighted by Gasteiger charge is -1.96. The van der Waals surface area contributed by atoms with Gasteiger partial charge in [-0.3, -0.25) is 0 Å². The Kier molecular flexibility index (Phi) is 1.81. The number of halogens is 3. The predicted molar refractivity (Wildman–Crippen MR) is 18.6 cm³/mol. The zero-order valence-electron chi connectivity index (χ0n) is 2.71. The smallest absolute Gasteiger partial charge is 0.305 e. The molecule has 0 spiro atoms. The average Bonchev–Trinajstić information content (AvgIpc) is 1.35. The van der Waals surface area contributed by atoms with Crippen molar-refractivity contribution in [3.05, 3.63) is 0 Å². The zero-order chi connectivity index (χ0) is 5.21. The summed E-state index contributed by atoms with van der Waals surface area (Å²) in [5, 5.41) is 0. The summed E-state index contributed by atoms with van der Waals surface area (Å²) in [6.07, 6.45) is 0. The quantitative estimate of drug-likeness (QED) is 0.471. The highest BCUT2D eigenvalue weighted by Gasteiger charge is 2.23. The van der Waals surface area contributed by atoms with Crippen LogP contribution in [-0.2, 0) is 0 Å². The van der Waals surface area contributed by atoms with Crippen molar-refractivity contribution in [2.24, 2.45) is 5.50 Å². The number of hydrogen-bond donors (Lipinski definition) is 1. The molecule has 5 heteroatoms. The minimum atomic E-state index is -4.15. The Morgan fingerprint density at radius 1 is 1.33 bits per heavy atom. The molecule has 0 bridgehead atoms. The Hall–Kier alpha value is 0.180. The standard InChI is InChI=1S/CH3F3NP/c2-1(3,4)6-5/h6H,5H2. The van der Waals surface area contributed by atoms with Crippen molar-refractivity contribution in [1.82, 2.24) is 0 Å². The molecule has 38 valence electrons. The Balaban J connectivity index is 3.17. The first-order chi connectivity index (χ1) is 2.56. The van der Waals surface area contributed by atoms with Crippen LogP contribution in [0.25, 0.3) is 0 Å². The third-order valence-electron chi connectivity index (χ3n) is 0.164. The number of alkyl halides is 3. The number of nitrogens with two attached hydrogens (primary N) is 1. The lowest BCUT2D eigenvalue weighted by Crippen LogP contribution is -1.99. The second kappa shape index (κ2) is 1.76. The highest BCUT2D eigenvalue weighted by atomic mass is 31.1. The molecule has 0 amide bonds. The van der Waals surface area contributed by atoms with Gasteiger partial charge in [-0.1, -0.05) is 0 Å². The third kappa shape index (κ3) is 4.18. The molecule has 1 atom stereocenters. The lowest BCUT2D eigenvalue weighted by atomic mass is 11.6. The molecule has 6 heavy (non-hydrogen) atoms. The van der Waals surface area contributed by atoms with E-state index in [9.17, 15) is 13.2 Å². The van der Waals surface area contributed by atoms with E-state index in [2.05, 4.69) is 5.50 Å². The molecule has 0 radical (unpaired) electrons. The van der Waals surface area contributed by atoms with Crippen molar-refractivity contribution >= 4 is 8.73 Å². The van der Waals surface area contributed by atoms with Crippen molar-refractivity contribution in [1.29, 1.82) is 0 Å². The van der Waals surface area contributed by atoms with E-state index < -0.39 is 14.6 Å². The molecule has 0 aliphatic rings. The van der Waals surface area contributed by atoms with Crippen LogP contribution in [0.15, 0.2) is 0 Å². The SMILES string of the molecule is NPC(F)(F)F. The topological polar surface area (TPSA) is 26.0 Å². The van der Waals surface area contributed by atoms with E-state index >= 15 is 0 Å². The maximum absolute atomic E-state index is 10.7. The van der Waals surface area contributed by atoms with Gasteiger partial charge in [-0.05, 0) is 0 Å². The molecule has 0 aliphatic heterocycles. The van der Waals surface area contributed by atoms with Crippen molar-refractivity contribution in [3.8, 4) is 0 Å². The first kappa shape index (κ1) is 6.18. The summed E-state index contributed by atoms with van der Waals surface area (Å²) in [6, 6.07) is 0. The summed E-state index contributed by atoms with van der Waals surface area (Å²) in [6.45, 7) is 0. The molecule has 0 aliphatic carbocycles. The van der Waals surface area contributed by atoms with E-state index in [1.165, 1.54) is 0 Å². The van der Waals surface area contributed by atoms with E-state index in [4.69, 9.17) is 0 Å². The predicted octanol–water partition coefficient (Wildman–Crippen LogP) is 1.06. The van der Waals surface area contributed by atoms with Crippen LogP contribution in [0.1, 0.15) is 0 Å². The molecule has 0 aromatic heterocycles. The van der Waals surface area contributed by atoms with Gasteiger partial charge < -0.3 is 5.50 Å². The summed E-state index contributed by atoms with van der Waals surface area (Å²) in [5.41, 5.74) is 4.21. The molecule has 0 aromatic carbocycles. The first-order valence-corrected chi connectivity index (χ1v) is 2.18. The molecule has 0 heterocycles. The Labute approximate surface area is 34.5 Å².